The molecule has 1 aliphatic rings. The van der Waals surface area contributed by atoms with Crippen molar-refractivity contribution in [2.75, 3.05) is 25.1 Å². The molecule has 1 fully saturated rings. The third-order valence-electron chi connectivity index (χ3n) is 2.42. The fourth-order valence-corrected chi connectivity index (χ4v) is 1.59. The van der Waals surface area contributed by atoms with E-state index in [1.54, 1.807) is 6.07 Å². The summed E-state index contributed by atoms with van der Waals surface area (Å²) in [6.07, 6.45) is -1.99. The van der Waals surface area contributed by atoms with Gasteiger partial charge in [-0.05, 0) is 12.5 Å². The van der Waals surface area contributed by atoms with Gasteiger partial charge in [0.2, 0.25) is 5.88 Å². The van der Waals surface area contributed by atoms with Gasteiger partial charge in [-0.15, -0.1) is 0 Å². The predicted octanol–water partition coefficient (Wildman–Crippen LogP) is 2.22. The lowest BCUT2D eigenvalue weighted by atomic mass is 10.2. The van der Waals surface area contributed by atoms with Crippen LogP contribution < -0.4 is 10.1 Å². The minimum Gasteiger partial charge on any atom is -0.468 e. The van der Waals surface area contributed by atoms with Gasteiger partial charge in [-0.1, -0.05) is 0 Å². The number of alkyl halides is 3. The number of nitrogens with one attached hydrogen (secondary N) is 1. The van der Waals surface area contributed by atoms with Crippen molar-refractivity contribution in [2.45, 2.75) is 18.6 Å². The molecule has 4 nitrogen and oxygen atoms in total. The number of rotatable bonds is 4. The summed E-state index contributed by atoms with van der Waals surface area (Å²) in [6, 6.07) is 3.27. The number of halogens is 3. The highest BCUT2D eigenvalue weighted by atomic mass is 19.4. The van der Waals surface area contributed by atoms with Gasteiger partial charge in [-0.25, -0.2) is 4.98 Å². The Balaban J connectivity index is 1.85. The Kier molecular flexibility index (Phi) is 3.90. The van der Waals surface area contributed by atoms with E-state index >= 15 is 0 Å². The minimum atomic E-state index is -4.35. The van der Waals surface area contributed by atoms with E-state index in [9.17, 15) is 13.2 Å². The molecule has 7 heteroatoms. The van der Waals surface area contributed by atoms with Gasteiger partial charge in [0.05, 0.1) is 24.5 Å². The Hall–Kier alpha value is -1.50. The first-order chi connectivity index (χ1) is 8.53. The van der Waals surface area contributed by atoms with Crippen molar-refractivity contribution >= 4 is 5.69 Å². The largest absolute Gasteiger partial charge is 0.468 e. The van der Waals surface area contributed by atoms with Gasteiger partial charge in [0.25, 0.3) is 0 Å². The normalized spacial score (nSPS) is 19.8. The van der Waals surface area contributed by atoms with Crippen LogP contribution in [0.2, 0.25) is 0 Å². The number of hydrogen-bond acceptors (Lipinski definition) is 4. The molecule has 18 heavy (non-hydrogen) atoms. The lowest BCUT2D eigenvalue weighted by molar-refractivity contribution is -0.154. The molecule has 2 heterocycles. The molecule has 0 aliphatic carbocycles. The van der Waals surface area contributed by atoms with E-state index in [4.69, 9.17) is 4.74 Å². The first kappa shape index (κ1) is 12.9. The molecule has 0 amide bonds. The highest BCUT2D eigenvalue weighted by Crippen LogP contribution is 2.19. The van der Waals surface area contributed by atoms with Crippen LogP contribution in [0.5, 0.6) is 5.88 Å². The number of anilines is 1. The second-order valence-corrected chi connectivity index (χ2v) is 3.99. The molecule has 1 saturated heterocycles. The lowest BCUT2D eigenvalue weighted by Gasteiger charge is -2.12. The number of nitrogens with zero attached hydrogens (tertiary/aromatic N) is 1. The summed E-state index contributed by atoms with van der Waals surface area (Å²) in [5.74, 6) is -0.0412. The van der Waals surface area contributed by atoms with E-state index in [2.05, 4.69) is 15.0 Å². The molecular weight excluding hydrogens is 249 g/mol. The Morgan fingerprint density at radius 2 is 2.28 bits per heavy atom. The zero-order chi connectivity index (χ0) is 13.0. The number of hydrogen-bond donors (Lipinski definition) is 1. The third-order valence-corrected chi connectivity index (χ3v) is 2.42. The monoisotopic (exact) mass is 262 g/mol. The number of pyridine rings is 1. The molecule has 2 rings (SSSR count). The summed E-state index contributed by atoms with van der Waals surface area (Å²) in [5, 5.41) is 3.18. The quantitative estimate of drug-likeness (QED) is 0.903. The minimum absolute atomic E-state index is 0.0412. The Morgan fingerprint density at radius 3 is 2.83 bits per heavy atom. The van der Waals surface area contributed by atoms with E-state index in [-0.39, 0.29) is 11.9 Å². The zero-order valence-electron chi connectivity index (χ0n) is 9.54. The first-order valence-corrected chi connectivity index (χ1v) is 5.53. The van der Waals surface area contributed by atoms with E-state index in [1.807, 2.05) is 0 Å². The smallest absolute Gasteiger partial charge is 0.422 e. The van der Waals surface area contributed by atoms with Crippen LogP contribution in [0.4, 0.5) is 18.9 Å². The zero-order valence-corrected chi connectivity index (χ0v) is 9.54. The molecule has 1 N–H and O–H groups in total. The standard InChI is InChI=1S/C11H13F3N2O2/c12-11(13,14)7-18-10-2-1-8(5-15-10)16-9-3-4-17-6-9/h1-2,5,9,16H,3-4,6-7H2. The maximum atomic E-state index is 11.9. The molecule has 0 radical (unpaired) electrons. The van der Waals surface area contributed by atoms with Crippen molar-refractivity contribution in [3.63, 3.8) is 0 Å². The lowest BCUT2D eigenvalue weighted by Crippen LogP contribution is -2.20. The van der Waals surface area contributed by atoms with E-state index < -0.39 is 12.8 Å². The molecule has 1 aromatic heterocycles. The molecule has 1 unspecified atom stereocenters. The van der Waals surface area contributed by atoms with Crippen LogP contribution in [-0.4, -0.2) is 37.0 Å². The highest BCUT2D eigenvalue weighted by molar-refractivity contribution is 5.43. The summed E-state index contributed by atoms with van der Waals surface area (Å²) in [5.41, 5.74) is 0.741. The number of aromatic nitrogens is 1. The summed E-state index contributed by atoms with van der Waals surface area (Å²) in [4.78, 5) is 3.80. The third kappa shape index (κ3) is 4.06. The maximum absolute atomic E-state index is 11.9. The van der Waals surface area contributed by atoms with E-state index in [0.717, 1.165) is 18.7 Å². The second kappa shape index (κ2) is 5.43. The van der Waals surface area contributed by atoms with Gasteiger partial charge >= 0.3 is 6.18 Å². The van der Waals surface area contributed by atoms with Gasteiger partial charge in [0.1, 0.15) is 0 Å². The number of ether oxygens (including phenoxy) is 2. The topological polar surface area (TPSA) is 43.4 Å². The van der Waals surface area contributed by atoms with E-state index in [0.29, 0.717) is 6.61 Å². The molecule has 1 atom stereocenters. The van der Waals surface area contributed by atoms with Gasteiger partial charge in [-0.3, -0.25) is 0 Å². The van der Waals surface area contributed by atoms with Crippen LogP contribution >= 0.6 is 0 Å². The predicted molar refractivity (Wildman–Crippen MR) is 58.6 cm³/mol. The van der Waals surface area contributed by atoms with Crippen molar-refractivity contribution in [1.29, 1.82) is 0 Å². The molecular formula is C11H13F3N2O2. The molecule has 0 bridgehead atoms. The fraction of sp³-hybridized carbons (Fsp3) is 0.545. The molecule has 1 aliphatic heterocycles. The summed E-state index contributed by atoms with van der Waals surface area (Å²) < 4.78 is 45.4. The van der Waals surface area contributed by atoms with Crippen LogP contribution in [0.25, 0.3) is 0 Å². The maximum Gasteiger partial charge on any atom is 0.422 e. The molecule has 0 saturated carbocycles. The van der Waals surface area contributed by atoms with Gasteiger partial charge in [0, 0.05) is 12.7 Å². The SMILES string of the molecule is FC(F)(F)COc1ccc(NC2CCOC2)cn1. The van der Waals surface area contributed by atoms with Gasteiger partial charge < -0.3 is 14.8 Å². The summed E-state index contributed by atoms with van der Waals surface area (Å²) >= 11 is 0. The van der Waals surface area contributed by atoms with Crippen LogP contribution in [0.1, 0.15) is 6.42 Å². The van der Waals surface area contributed by atoms with Crippen LogP contribution in [0, 0.1) is 0 Å². The fourth-order valence-electron chi connectivity index (χ4n) is 1.59. The van der Waals surface area contributed by atoms with Crippen molar-refractivity contribution in [1.82, 2.24) is 4.98 Å². The van der Waals surface area contributed by atoms with Gasteiger partial charge in [0.15, 0.2) is 6.61 Å². The molecule has 100 valence electrons. The summed E-state index contributed by atoms with van der Waals surface area (Å²) in [6.45, 7) is 0.0213. The Morgan fingerprint density at radius 1 is 1.44 bits per heavy atom. The van der Waals surface area contributed by atoms with Crippen molar-refractivity contribution in [2.24, 2.45) is 0 Å². The van der Waals surface area contributed by atoms with Crippen LogP contribution in [-0.2, 0) is 4.74 Å². The van der Waals surface area contributed by atoms with Crippen molar-refractivity contribution in [3.8, 4) is 5.88 Å². The molecule has 0 spiro atoms. The van der Waals surface area contributed by atoms with Crippen molar-refractivity contribution in [3.05, 3.63) is 18.3 Å². The van der Waals surface area contributed by atoms with Gasteiger partial charge in [-0.2, -0.15) is 13.2 Å². The van der Waals surface area contributed by atoms with Crippen LogP contribution in [0.3, 0.4) is 0 Å². The molecule has 1 aromatic rings. The van der Waals surface area contributed by atoms with E-state index in [1.165, 1.54) is 12.3 Å². The van der Waals surface area contributed by atoms with Crippen LogP contribution in [0.15, 0.2) is 18.3 Å². The second-order valence-electron chi connectivity index (χ2n) is 3.99. The molecule has 0 aromatic carbocycles. The first-order valence-electron chi connectivity index (χ1n) is 5.53. The summed E-state index contributed by atoms with van der Waals surface area (Å²) in [7, 11) is 0. The average Bonchev–Trinajstić information content (AvgIpc) is 2.80. The average molecular weight is 262 g/mol. The Labute approximate surface area is 102 Å². The highest BCUT2D eigenvalue weighted by Gasteiger charge is 2.28. The van der Waals surface area contributed by atoms with Crippen molar-refractivity contribution < 1.29 is 22.6 Å². The Bertz CT molecular complexity index is 375.